The van der Waals surface area contributed by atoms with Crippen LogP contribution < -0.4 is 4.74 Å². The van der Waals surface area contributed by atoms with E-state index in [4.69, 9.17) is 0 Å². The monoisotopic (exact) mass is 172 g/mol. The van der Waals surface area contributed by atoms with Gasteiger partial charge in [-0.25, -0.2) is 0 Å². The fourth-order valence-electron chi connectivity index (χ4n) is 0.712. The molecule has 0 aromatic carbocycles. The van der Waals surface area contributed by atoms with Gasteiger partial charge >= 0.3 is 11.7 Å². The summed E-state index contributed by atoms with van der Waals surface area (Å²) in [5, 5.41) is 17.6. The Morgan fingerprint density at radius 1 is 1.67 bits per heavy atom. The zero-order chi connectivity index (χ0) is 9.14. The quantitative estimate of drug-likeness (QED) is 0.480. The summed E-state index contributed by atoms with van der Waals surface area (Å²) in [6.07, 6.45) is 0. The Morgan fingerprint density at radius 2 is 2.33 bits per heavy atom. The van der Waals surface area contributed by atoms with Crippen molar-refractivity contribution in [1.29, 1.82) is 0 Å². The fourth-order valence-corrected chi connectivity index (χ4v) is 0.712. The second-order valence-electron chi connectivity index (χ2n) is 1.98. The molecule has 0 aliphatic rings. The maximum absolute atomic E-state index is 10.3. The average Bonchev–Trinajstić information content (AvgIpc) is 2.47. The van der Waals surface area contributed by atoms with Gasteiger partial charge in [-0.05, 0) is 11.8 Å². The lowest BCUT2D eigenvalue weighted by atomic mass is 10.7. The Kier molecular flexibility index (Phi) is 2.22. The van der Waals surface area contributed by atoms with Gasteiger partial charge in [-0.1, -0.05) is 9.90 Å². The molecule has 1 aromatic rings. The van der Waals surface area contributed by atoms with Crippen LogP contribution in [-0.2, 0) is 6.54 Å². The standard InChI is InChI=1S/C5H8N4O3/c1-3-8-6-4(9(10)11)5(7-8)12-2/h3H2,1-2H3. The lowest BCUT2D eigenvalue weighted by Gasteiger charge is -1.89. The van der Waals surface area contributed by atoms with Crippen molar-refractivity contribution in [2.45, 2.75) is 13.5 Å². The zero-order valence-electron chi connectivity index (χ0n) is 6.72. The van der Waals surface area contributed by atoms with E-state index >= 15 is 0 Å². The first kappa shape index (κ1) is 8.44. The highest BCUT2D eigenvalue weighted by Crippen LogP contribution is 2.19. The van der Waals surface area contributed by atoms with E-state index in [0.717, 1.165) is 0 Å². The van der Waals surface area contributed by atoms with Crippen molar-refractivity contribution < 1.29 is 9.66 Å². The number of nitro groups is 1. The van der Waals surface area contributed by atoms with Crippen LogP contribution in [0.2, 0.25) is 0 Å². The van der Waals surface area contributed by atoms with Crippen molar-refractivity contribution in [3.8, 4) is 5.88 Å². The summed E-state index contributed by atoms with van der Waals surface area (Å²) < 4.78 is 4.65. The van der Waals surface area contributed by atoms with Crippen LogP contribution >= 0.6 is 0 Å². The van der Waals surface area contributed by atoms with Gasteiger partial charge in [0.05, 0.1) is 18.8 Å². The number of ether oxygens (including phenoxy) is 1. The highest BCUT2D eigenvalue weighted by atomic mass is 16.6. The Labute approximate surface area is 68.1 Å². The zero-order valence-corrected chi connectivity index (χ0v) is 6.72. The number of hydrogen-bond donors (Lipinski definition) is 0. The molecule has 0 aliphatic carbocycles. The second-order valence-corrected chi connectivity index (χ2v) is 1.98. The normalized spacial score (nSPS) is 9.83. The van der Waals surface area contributed by atoms with Crippen LogP contribution in [0.4, 0.5) is 5.82 Å². The van der Waals surface area contributed by atoms with Crippen LogP contribution in [0.1, 0.15) is 6.92 Å². The van der Waals surface area contributed by atoms with E-state index in [1.807, 2.05) is 0 Å². The molecule has 7 heteroatoms. The van der Waals surface area contributed by atoms with Crippen LogP contribution in [0.15, 0.2) is 0 Å². The first-order chi connectivity index (χ1) is 5.69. The van der Waals surface area contributed by atoms with E-state index < -0.39 is 4.92 Å². The Morgan fingerprint density at radius 3 is 2.67 bits per heavy atom. The predicted octanol–water partition coefficient (Wildman–Crippen LogP) is 0.215. The summed E-state index contributed by atoms with van der Waals surface area (Å²) in [7, 11) is 1.32. The summed E-state index contributed by atoms with van der Waals surface area (Å²) >= 11 is 0. The van der Waals surface area contributed by atoms with Gasteiger partial charge in [0, 0.05) is 0 Å². The number of rotatable bonds is 3. The molecule has 1 heterocycles. The maximum Gasteiger partial charge on any atom is 0.454 e. The van der Waals surface area contributed by atoms with Crippen molar-refractivity contribution in [3.05, 3.63) is 10.1 Å². The van der Waals surface area contributed by atoms with E-state index in [9.17, 15) is 10.1 Å². The third kappa shape index (κ3) is 1.34. The molecule has 1 rings (SSSR count). The van der Waals surface area contributed by atoms with Gasteiger partial charge < -0.3 is 14.9 Å². The van der Waals surface area contributed by atoms with E-state index in [1.54, 1.807) is 6.92 Å². The van der Waals surface area contributed by atoms with Crippen molar-refractivity contribution >= 4 is 5.82 Å². The summed E-state index contributed by atoms with van der Waals surface area (Å²) in [6.45, 7) is 2.26. The van der Waals surface area contributed by atoms with Gasteiger partial charge in [0.15, 0.2) is 0 Å². The second kappa shape index (κ2) is 3.16. The molecule has 0 amide bonds. The molecule has 0 N–H and O–H groups in total. The van der Waals surface area contributed by atoms with Crippen LogP contribution in [0.25, 0.3) is 0 Å². The highest BCUT2D eigenvalue weighted by Gasteiger charge is 2.22. The minimum atomic E-state index is -0.627. The van der Waals surface area contributed by atoms with Crippen molar-refractivity contribution in [2.24, 2.45) is 0 Å². The van der Waals surface area contributed by atoms with Gasteiger partial charge in [-0.15, -0.1) is 0 Å². The number of hydrogen-bond acceptors (Lipinski definition) is 5. The Bertz CT molecular complexity index is 295. The van der Waals surface area contributed by atoms with Gasteiger partial charge in [-0.3, -0.25) is 0 Å². The first-order valence-electron chi connectivity index (χ1n) is 3.32. The van der Waals surface area contributed by atoms with E-state index in [-0.39, 0.29) is 11.7 Å². The van der Waals surface area contributed by atoms with Crippen molar-refractivity contribution in [2.75, 3.05) is 7.11 Å². The SMILES string of the molecule is CCn1nc(OC)c([N+](=O)[O-])n1. The summed E-state index contributed by atoms with van der Waals surface area (Å²) in [6, 6.07) is 0. The lowest BCUT2D eigenvalue weighted by Crippen LogP contribution is -1.99. The van der Waals surface area contributed by atoms with Crippen molar-refractivity contribution in [1.82, 2.24) is 15.0 Å². The minimum absolute atomic E-state index is 0.0538. The number of methoxy groups -OCH3 is 1. The molecular formula is C5H8N4O3. The molecule has 0 saturated carbocycles. The predicted molar refractivity (Wildman–Crippen MR) is 38.9 cm³/mol. The third-order valence-electron chi connectivity index (χ3n) is 1.26. The van der Waals surface area contributed by atoms with Crippen LogP contribution in [0.3, 0.4) is 0 Å². The summed E-state index contributed by atoms with van der Waals surface area (Å²) in [5.74, 6) is -0.402. The van der Waals surface area contributed by atoms with Crippen molar-refractivity contribution in [3.63, 3.8) is 0 Å². The molecule has 0 spiro atoms. The van der Waals surface area contributed by atoms with E-state index in [1.165, 1.54) is 11.9 Å². The molecule has 0 atom stereocenters. The van der Waals surface area contributed by atoms with E-state index in [0.29, 0.717) is 6.54 Å². The molecule has 66 valence electrons. The molecule has 1 aromatic heterocycles. The molecule has 12 heavy (non-hydrogen) atoms. The maximum atomic E-state index is 10.3. The van der Waals surface area contributed by atoms with Gasteiger partial charge in [-0.2, -0.15) is 0 Å². The first-order valence-corrected chi connectivity index (χ1v) is 3.32. The number of aromatic nitrogens is 3. The van der Waals surface area contributed by atoms with Crippen LogP contribution in [0, 0.1) is 10.1 Å². The highest BCUT2D eigenvalue weighted by molar-refractivity contribution is 5.29. The number of nitrogens with zero attached hydrogens (tertiary/aromatic N) is 4. The molecule has 7 nitrogen and oxygen atoms in total. The average molecular weight is 172 g/mol. The fraction of sp³-hybridized carbons (Fsp3) is 0.600. The molecule has 0 saturated heterocycles. The molecule has 0 fully saturated rings. The van der Waals surface area contributed by atoms with E-state index in [2.05, 4.69) is 14.9 Å². The summed E-state index contributed by atoms with van der Waals surface area (Å²) in [5.41, 5.74) is 0. The Hall–Kier alpha value is -1.66. The van der Waals surface area contributed by atoms with Gasteiger partial charge in [0.25, 0.3) is 0 Å². The molecule has 0 radical (unpaired) electrons. The van der Waals surface area contributed by atoms with Gasteiger partial charge in [0.1, 0.15) is 0 Å². The van der Waals surface area contributed by atoms with Gasteiger partial charge in [0.2, 0.25) is 0 Å². The van der Waals surface area contributed by atoms with Crippen LogP contribution in [0.5, 0.6) is 5.88 Å². The van der Waals surface area contributed by atoms with Crippen LogP contribution in [-0.4, -0.2) is 27.0 Å². The molecular weight excluding hydrogens is 164 g/mol. The largest absolute Gasteiger partial charge is 0.474 e. The lowest BCUT2D eigenvalue weighted by molar-refractivity contribution is -0.390. The molecule has 0 unspecified atom stereocenters. The smallest absolute Gasteiger partial charge is 0.454 e. The summed E-state index contributed by atoms with van der Waals surface area (Å²) in [4.78, 5) is 10.9. The molecule has 0 bridgehead atoms. The molecule has 0 aliphatic heterocycles. The topological polar surface area (TPSA) is 83.1 Å². The minimum Gasteiger partial charge on any atom is -0.474 e. The third-order valence-corrected chi connectivity index (χ3v) is 1.26. The number of aryl methyl sites for hydroxylation is 1. The Balaban J connectivity index is 3.08.